The highest BCUT2D eigenvalue weighted by Gasteiger charge is 2.13. The lowest BCUT2D eigenvalue weighted by atomic mass is 9.99. The molecule has 0 bridgehead atoms. The number of hydrogen-bond donors (Lipinski definition) is 0. The van der Waals surface area contributed by atoms with Gasteiger partial charge in [0.15, 0.2) is 0 Å². The van der Waals surface area contributed by atoms with Gasteiger partial charge in [-0.2, -0.15) is 0 Å². The zero-order valence-corrected chi connectivity index (χ0v) is 12.4. The van der Waals surface area contributed by atoms with Crippen molar-refractivity contribution in [2.75, 3.05) is 0 Å². The second kappa shape index (κ2) is 6.14. The number of alkyl halides is 1. The highest BCUT2D eigenvalue weighted by Crippen LogP contribution is 2.30. The number of rotatable bonds is 4. The van der Waals surface area contributed by atoms with E-state index in [1.165, 1.54) is 22.4 Å². The van der Waals surface area contributed by atoms with Gasteiger partial charge >= 0.3 is 0 Å². The van der Waals surface area contributed by atoms with Crippen molar-refractivity contribution in [2.24, 2.45) is 0 Å². The molecule has 2 heteroatoms. The van der Waals surface area contributed by atoms with Crippen LogP contribution in [0.5, 0.6) is 0 Å². The Morgan fingerprint density at radius 3 is 2.67 bits per heavy atom. The third-order valence-electron chi connectivity index (χ3n) is 3.26. The number of aryl methyl sites for hydroxylation is 2. The van der Waals surface area contributed by atoms with Crippen molar-refractivity contribution in [2.45, 2.75) is 31.5 Å². The average Bonchev–Trinajstić information content (AvgIpc) is 2.41. The van der Waals surface area contributed by atoms with Gasteiger partial charge in [-0.3, -0.25) is 4.98 Å². The predicted molar refractivity (Wildman–Crippen MR) is 80.2 cm³/mol. The molecule has 0 saturated carbocycles. The van der Waals surface area contributed by atoms with Gasteiger partial charge in [-0.15, -0.1) is 0 Å². The van der Waals surface area contributed by atoms with Crippen molar-refractivity contribution in [3.8, 4) is 0 Å². The van der Waals surface area contributed by atoms with Gasteiger partial charge in [-0.25, -0.2) is 0 Å². The molecule has 0 radical (unpaired) electrons. The number of nitrogens with zero attached hydrogens (tertiary/aromatic N) is 1. The van der Waals surface area contributed by atoms with Crippen molar-refractivity contribution in [3.63, 3.8) is 0 Å². The molecule has 0 fully saturated rings. The lowest BCUT2D eigenvalue weighted by molar-refractivity contribution is 0.876. The van der Waals surface area contributed by atoms with Crippen molar-refractivity contribution in [1.29, 1.82) is 0 Å². The fourth-order valence-corrected chi connectivity index (χ4v) is 2.93. The number of pyridine rings is 1. The molecule has 2 aromatic rings. The summed E-state index contributed by atoms with van der Waals surface area (Å²) in [5, 5.41) is 0. The minimum Gasteiger partial charge on any atom is -0.261 e. The van der Waals surface area contributed by atoms with Gasteiger partial charge in [0.05, 0.1) is 0 Å². The summed E-state index contributed by atoms with van der Waals surface area (Å²) in [6.07, 6.45) is 3.87. The van der Waals surface area contributed by atoms with Gasteiger partial charge in [0.2, 0.25) is 0 Å². The van der Waals surface area contributed by atoms with Gasteiger partial charge in [-0.1, -0.05) is 53.2 Å². The number of benzene rings is 1. The van der Waals surface area contributed by atoms with E-state index in [9.17, 15) is 0 Å². The van der Waals surface area contributed by atoms with Crippen LogP contribution in [0.2, 0.25) is 0 Å². The second-order valence-corrected chi connectivity index (χ2v) is 5.60. The molecule has 1 unspecified atom stereocenters. The zero-order valence-electron chi connectivity index (χ0n) is 10.9. The van der Waals surface area contributed by atoms with E-state index in [0.29, 0.717) is 4.83 Å². The maximum absolute atomic E-state index is 4.47. The average molecular weight is 304 g/mol. The van der Waals surface area contributed by atoms with Crippen LogP contribution >= 0.6 is 15.9 Å². The summed E-state index contributed by atoms with van der Waals surface area (Å²) in [5.41, 5.74) is 5.22. The Morgan fingerprint density at radius 1 is 1.17 bits per heavy atom. The Bertz CT molecular complexity index is 522. The van der Waals surface area contributed by atoms with E-state index < -0.39 is 0 Å². The van der Waals surface area contributed by atoms with Gasteiger partial charge in [0, 0.05) is 23.1 Å². The standard InChI is InChI=1S/C16H18BrN/c1-3-13-8-4-5-9-14(13)15(17)11-16-12(2)7-6-10-18-16/h4-10,15H,3,11H2,1-2H3. The first-order valence-corrected chi connectivity index (χ1v) is 7.26. The van der Waals surface area contributed by atoms with Gasteiger partial charge < -0.3 is 0 Å². The van der Waals surface area contributed by atoms with E-state index in [-0.39, 0.29) is 0 Å². The third-order valence-corrected chi connectivity index (χ3v) is 4.08. The molecule has 0 aliphatic carbocycles. The lowest BCUT2D eigenvalue weighted by Crippen LogP contribution is -2.02. The van der Waals surface area contributed by atoms with Crippen LogP contribution in [0.4, 0.5) is 0 Å². The van der Waals surface area contributed by atoms with Gasteiger partial charge in [0.25, 0.3) is 0 Å². The van der Waals surface area contributed by atoms with Crippen molar-refractivity contribution >= 4 is 15.9 Å². The van der Waals surface area contributed by atoms with Gasteiger partial charge in [-0.05, 0) is 36.1 Å². The molecule has 1 heterocycles. The van der Waals surface area contributed by atoms with Crippen LogP contribution < -0.4 is 0 Å². The Hall–Kier alpha value is -1.15. The summed E-state index contributed by atoms with van der Waals surface area (Å²) >= 11 is 3.81. The van der Waals surface area contributed by atoms with Crippen LogP contribution in [-0.4, -0.2) is 4.98 Å². The molecule has 1 aromatic carbocycles. The Kier molecular flexibility index (Phi) is 4.54. The first kappa shape index (κ1) is 13.3. The summed E-state index contributed by atoms with van der Waals surface area (Å²) in [5.74, 6) is 0. The molecule has 1 aromatic heterocycles. The number of aromatic nitrogens is 1. The number of hydrogen-bond acceptors (Lipinski definition) is 1. The van der Waals surface area contributed by atoms with Crippen LogP contribution in [-0.2, 0) is 12.8 Å². The Morgan fingerprint density at radius 2 is 1.94 bits per heavy atom. The van der Waals surface area contributed by atoms with E-state index in [2.05, 4.69) is 65.1 Å². The van der Waals surface area contributed by atoms with E-state index in [0.717, 1.165) is 12.8 Å². The zero-order chi connectivity index (χ0) is 13.0. The molecular weight excluding hydrogens is 286 g/mol. The van der Waals surface area contributed by atoms with E-state index in [1.807, 2.05) is 12.3 Å². The second-order valence-electron chi connectivity index (χ2n) is 4.49. The minimum absolute atomic E-state index is 0.335. The highest BCUT2D eigenvalue weighted by molar-refractivity contribution is 9.09. The normalized spacial score (nSPS) is 12.4. The minimum atomic E-state index is 0.335. The van der Waals surface area contributed by atoms with Crippen molar-refractivity contribution in [3.05, 3.63) is 65.0 Å². The molecule has 94 valence electrons. The van der Waals surface area contributed by atoms with E-state index >= 15 is 0 Å². The topological polar surface area (TPSA) is 12.9 Å². The fraction of sp³-hybridized carbons (Fsp3) is 0.312. The monoisotopic (exact) mass is 303 g/mol. The highest BCUT2D eigenvalue weighted by atomic mass is 79.9. The smallest absolute Gasteiger partial charge is 0.0453 e. The predicted octanol–water partition coefficient (Wildman–Crippen LogP) is 4.63. The van der Waals surface area contributed by atoms with Crippen LogP contribution in [0, 0.1) is 6.92 Å². The molecule has 1 nitrogen and oxygen atoms in total. The van der Waals surface area contributed by atoms with Crippen LogP contribution in [0.1, 0.15) is 34.1 Å². The Labute approximate surface area is 117 Å². The molecule has 0 N–H and O–H groups in total. The summed E-state index contributed by atoms with van der Waals surface area (Å²) in [6, 6.07) is 12.7. The SMILES string of the molecule is CCc1ccccc1C(Br)Cc1ncccc1C. The molecule has 0 saturated heterocycles. The maximum Gasteiger partial charge on any atom is 0.0453 e. The lowest BCUT2D eigenvalue weighted by Gasteiger charge is -2.15. The molecule has 0 spiro atoms. The van der Waals surface area contributed by atoms with Crippen LogP contribution in [0.25, 0.3) is 0 Å². The molecule has 1 atom stereocenters. The maximum atomic E-state index is 4.47. The molecule has 2 rings (SSSR count). The first-order chi connectivity index (χ1) is 8.72. The fourth-order valence-electron chi connectivity index (χ4n) is 2.17. The first-order valence-electron chi connectivity index (χ1n) is 6.34. The number of halogens is 1. The third kappa shape index (κ3) is 2.99. The quantitative estimate of drug-likeness (QED) is 0.750. The molecule has 0 aliphatic heterocycles. The Balaban J connectivity index is 2.22. The molecule has 0 aliphatic rings. The summed E-state index contributed by atoms with van der Waals surface area (Å²) in [6.45, 7) is 4.32. The van der Waals surface area contributed by atoms with E-state index in [4.69, 9.17) is 0 Å². The van der Waals surface area contributed by atoms with Gasteiger partial charge in [0.1, 0.15) is 0 Å². The molecular formula is C16H18BrN. The summed E-state index contributed by atoms with van der Waals surface area (Å²) in [4.78, 5) is 4.80. The molecule has 0 amide bonds. The van der Waals surface area contributed by atoms with Crippen LogP contribution in [0.3, 0.4) is 0 Å². The van der Waals surface area contributed by atoms with Crippen molar-refractivity contribution < 1.29 is 0 Å². The largest absolute Gasteiger partial charge is 0.261 e. The van der Waals surface area contributed by atoms with Crippen LogP contribution in [0.15, 0.2) is 42.6 Å². The van der Waals surface area contributed by atoms with Crippen molar-refractivity contribution in [1.82, 2.24) is 4.98 Å². The summed E-state index contributed by atoms with van der Waals surface area (Å²) in [7, 11) is 0. The summed E-state index contributed by atoms with van der Waals surface area (Å²) < 4.78 is 0. The molecule has 18 heavy (non-hydrogen) atoms. The van der Waals surface area contributed by atoms with E-state index in [1.54, 1.807) is 0 Å².